The third-order valence-corrected chi connectivity index (χ3v) is 5.63. The summed E-state index contributed by atoms with van der Waals surface area (Å²) in [4.78, 5) is 31.0. The van der Waals surface area contributed by atoms with Crippen LogP contribution in [-0.4, -0.2) is 34.7 Å². The number of hydrogen-bond donors (Lipinski definition) is 0. The Morgan fingerprint density at radius 3 is 2.43 bits per heavy atom. The lowest BCUT2D eigenvalue weighted by atomic mass is 9.88. The number of rotatable bonds is 4. The van der Waals surface area contributed by atoms with Crippen LogP contribution in [0.1, 0.15) is 36.5 Å². The highest BCUT2D eigenvalue weighted by Crippen LogP contribution is 2.26. The number of pyridine rings is 1. The van der Waals surface area contributed by atoms with Crippen LogP contribution in [0.5, 0.6) is 0 Å². The second kappa shape index (κ2) is 7.93. The molecule has 1 aliphatic rings. The number of ketones is 1. The molecule has 0 atom stereocenters. The Hall–Kier alpha value is -3.01. The first-order valence-corrected chi connectivity index (χ1v) is 9.93. The summed E-state index contributed by atoms with van der Waals surface area (Å²) in [6, 6.07) is 18.1. The number of amides is 1. The van der Waals surface area contributed by atoms with Crippen LogP contribution >= 0.6 is 0 Å². The van der Waals surface area contributed by atoms with E-state index in [2.05, 4.69) is 23.2 Å². The molecule has 4 heteroatoms. The molecular weight excluding hydrogens is 348 g/mol. The maximum Gasteiger partial charge on any atom is 0.222 e. The van der Waals surface area contributed by atoms with Crippen LogP contribution in [0.4, 0.5) is 0 Å². The second-order valence-electron chi connectivity index (χ2n) is 7.36. The molecule has 2 aromatic carbocycles. The molecule has 0 radical (unpaired) electrons. The topological polar surface area (TPSA) is 50.3 Å². The van der Waals surface area contributed by atoms with Crippen molar-refractivity contribution in [3.8, 4) is 11.1 Å². The molecule has 0 aliphatic carbocycles. The van der Waals surface area contributed by atoms with Gasteiger partial charge in [-0.3, -0.25) is 14.6 Å². The molecule has 0 unspecified atom stereocenters. The van der Waals surface area contributed by atoms with E-state index < -0.39 is 0 Å². The first-order valence-electron chi connectivity index (χ1n) is 9.93. The lowest BCUT2D eigenvalue weighted by Crippen LogP contribution is -2.39. The van der Waals surface area contributed by atoms with Gasteiger partial charge in [-0.25, -0.2) is 0 Å². The third kappa shape index (κ3) is 3.68. The Kier molecular flexibility index (Phi) is 5.20. The molecule has 0 spiro atoms. The van der Waals surface area contributed by atoms with Gasteiger partial charge in [0.25, 0.3) is 0 Å². The average molecular weight is 372 g/mol. The van der Waals surface area contributed by atoms with Crippen LogP contribution < -0.4 is 0 Å². The number of aromatic nitrogens is 1. The summed E-state index contributed by atoms with van der Waals surface area (Å²) >= 11 is 0. The fraction of sp³-hybridized carbons (Fsp3) is 0.292. The first-order chi connectivity index (χ1) is 13.7. The fourth-order valence-corrected chi connectivity index (χ4v) is 3.92. The van der Waals surface area contributed by atoms with E-state index in [0.29, 0.717) is 19.5 Å². The zero-order chi connectivity index (χ0) is 19.5. The number of likely N-dealkylation sites (tertiary alicyclic amines) is 1. The maximum absolute atomic E-state index is 12.9. The van der Waals surface area contributed by atoms with Crippen molar-refractivity contribution in [3.63, 3.8) is 0 Å². The highest BCUT2D eigenvalue weighted by Gasteiger charge is 2.27. The van der Waals surface area contributed by atoms with Crippen LogP contribution in [0.15, 0.2) is 60.8 Å². The van der Waals surface area contributed by atoms with Gasteiger partial charge in [0, 0.05) is 42.6 Å². The minimum absolute atomic E-state index is 0.0108. The number of Topliss-reactive ketones (excluding diaryl/α,β-unsaturated/α-hetero) is 1. The summed E-state index contributed by atoms with van der Waals surface area (Å²) in [7, 11) is 0. The number of nitrogens with zero attached hydrogens (tertiary/aromatic N) is 2. The molecule has 2 heterocycles. The van der Waals surface area contributed by atoms with Crippen molar-refractivity contribution >= 4 is 22.6 Å². The van der Waals surface area contributed by atoms with Gasteiger partial charge in [0.1, 0.15) is 0 Å². The van der Waals surface area contributed by atoms with Crippen molar-refractivity contribution in [2.75, 3.05) is 13.1 Å². The van der Waals surface area contributed by atoms with E-state index in [1.165, 1.54) is 0 Å². The molecule has 3 aromatic rings. The second-order valence-corrected chi connectivity index (χ2v) is 7.36. The molecule has 1 saturated heterocycles. The monoisotopic (exact) mass is 372 g/mol. The standard InChI is InChI=1S/C24H24N2O2/c1-2-23(27)26-14-11-20(12-15-26)24(28)19-8-5-17(6-9-19)21-10-7-18-4-3-13-25-22(18)16-21/h3-10,13,16,20H,2,11-12,14-15H2,1H3. The summed E-state index contributed by atoms with van der Waals surface area (Å²) in [6.45, 7) is 3.25. The predicted molar refractivity (Wildman–Crippen MR) is 111 cm³/mol. The van der Waals surface area contributed by atoms with E-state index in [-0.39, 0.29) is 17.6 Å². The smallest absolute Gasteiger partial charge is 0.222 e. The van der Waals surface area contributed by atoms with Gasteiger partial charge in [-0.15, -0.1) is 0 Å². The Labute approximate surface area is 165 Å². The number of fused-ring (bicyclic) bond motifs is 1. The first kappa shape index (κ1) is 18.4. The van der Waals surface area contributed by atoms with Gasteiger partial charge in [-0.05, 0) is 36.1 Å². The lowest BCUT2D eigenvalue weighted by Gasteiger charge is -2.31. The average Bonchev–Trinajstić information content (AvgIpc) is 2.78. The van der Waals surface area contributed by atoms with Crippen molar-refractivity contribution < 1.29 is 9.59 Å². The zero-order valence-electron chi connectivity index (χ0n) is 16.1. The quantitative estimate of drug-likeness (QED) is 0.622. The Morgan fingerprint density at radius 2 is 1.71 bits per heavy atom. The van der Waals surface area contributed by atoms with Crippen LogP contribution in [0.25, 0.3) is 22.0 Å². The third-order valence-electron chi connectivity index (χ3n) is 5.63. The van der Waals surface area contributed by atoms with Crippen molar-refractivity contribution in [1.82, 2.24) is 9.88 Å². The number of piperidine rings is 1. The van der Waals surface area contributed by atoms with Gasteiger partial charge >= 0.3 is 0 Å². The van der Waals surface area contributed by atoms with Crippen LogP contribution in [0.2, 0.25) is 0 Å². The van der Waals surface area contributed by atoms with E-state index in [0.717, 1.165) is 40.4 Å². The SMILES string of the molecule is CCC(=O)N1CCC(C(=O)c2ccc(-c3ccc4cccnc4c3)cc2)CC1. The normalized spacial score (nSPS) is 15.0. The number of benzene rings is 2. The van der Waals surface area contributed by atoms with Gasteiger partial charge in [0.2, 0.25) is 5.91 Å². The van der Waals surface area contributed by atoms with Gasteiger partial charge < -0.3 is 4.90 Å². The molecular formula is C24H24N2O2. The van der Waals surface area contributed by atoms with Crippen molar-refractivity contribution in [1.29, 1.82) is 0 Å². The summed E-state index contributed by atoms with van der Waals surface area (Å²) in [5.41, 5.74) is 3.89. The molecule has 1 aromatic heterocycles. The van der Waals surface area contributed by atoms with E-state index in [1.54, 1.807) is 6.20 Å². The fourth-order valence-electron chi connectivity index (χ4n) is 3.92. The molecule has 4 nitrogen and oxygen atoms in total. The van der Waals surface area contributed by atoms with Crippen LogP contribution in [0.3, 0.4) is 0 Å². The van der Waals surface area contributed by atoms with E-state index in [1.807, 2.05) is 48.2 Å². The molecule has 4 rings (SSSR count). The minimum Gasteiger partial charge on any atom is -0.343 e. The van der Waals surface area contributed by atoms with Gasteiger partial charge in [0.05, 0.1) is 5.52 Å². The highest BCUT2D eigenvalue weighted by atomic mass is 16.2. The van der Waals surface area contributed by atoms with E-state index in [9.17, 15) is 9.59 Å². The molecule has 0 saturated carbocycles. The van der Waals surface area contributed by atoms with Gasteiger partial charge in [0.15, 0.2) is 5.78 Å². The summed E-state index contributed by atoms with van der Waals surface area (Å²) in [5.74, 6) is 0.382. The number of carbonyl (C=O) groups excluding carboxylic acids is 2. The van der Waals surface area contributed by atoms with Crippen molar-refractivity contribution in [2.24, 2.45) is 5.92 Å². The summed E-state index contributed by atoms with van der Waals surface area (Å²) < 4.78 is 0. The molecule has 142 valence electrons. The Bertz CT molecular complexity index is 1000. The Balaban J connectivity index is 1.47. The van der Waals surface area contributed by atoms with Crippen LogP contribution in [-0.2, 0) is 4.79 Å². The van der Waals surface area contributed by atoms with E-state index in [4.69, 9.17) is 0 Å². The van der Waals surface area contributed by atoms with Gasteiger partial charge in [-0.1, -0.05) is 49.4 Å². The highest BCUT2D eigenvalue weighted by molar-refractivity contribution is 5.98. The minimum atomic E-state index is 0.0108. The molecule has 28 heavy (non-hydrogen) atoms. The molecule has 1 fully saturated rings. The van der Waals surface area contributed by atoms with Crippen molar-refractivity contribution in [3.05, 3.63) is 66.4 Å². The molecule has 1 aliphatic heterocycles. The summed E-state index contributed by atoms with van der Waals surface area (Å²) in [5, 5.41) is 1.12. The van der Waals surface area contributed by atoms with Gasteiger partial charge in [-0.2, -0.15) is 0 Å². The molecule has 0 bridgehead atoms. The maximum atomic E-state index is 12.9. The predicted octanol–water partition coefficient (Wildman–Crippen LogP) is 4.73. The Morgan fingerprint density at radius 1 is 1.00 bits per heavy atom. The molecule has 1 amide bonds. The molecule has 0 N–H and O–H groups in total. The largest absolute Gasteiger partial charge is 0.343 e. The number of hydrogen-bond acceptors (Lipinski definition) is 3. The van der Waals surface area contributed by atoms with Crippen molar-refractivity contribution in [2.45, 2.75) is 26.2 Å². The van der Waals surface area contributed by atoms with Crippen LogP contribution in [0, 0.1) is 5.92 Å². The summed E-state index contributed by atoms with van der Waals surface area (Å²) in [6.07, 6.45) is 3.84. The number of carbonyl (C=O) groups is 2. The zero-order valence-corrected chi connectivity index (χ0v) is 16.1. The lowest BCUT2D eigenvalue weighted by molar-refractivity contribution is -0.132. The van der Waals surface area contributed by atoms with E-state index >= 15 is 0 Å².